The summed E-state index contributed by atoms with van der Waals surface area (Å²) in [5.41, 5.74) is 4.95. The number of carboxylic acids is 1. The van der Waals surface area contributed by atoms with Crippen molar-refractivity contribution in [1.29, 1.82) is 0 Å². The van der Waals surface area contributed by atoms with E-state index >= 15 is 0 Å². The second-order valence-electron chi connectivity index (χ2n) is 4.90. The first-order chi connectivity index (χ1) is 8.93. The van der Waals surface area contributed by atoms with Crippen LogP contribution in [0.5, 0.6) is 0 Å². The van der Waals surface area contributed by atoms with Crippen molar-refractivity contribution in [3.63, 3.8) is 0 Å². The third-order valence-electron chi connectivity index (χ3n) is 3.18. The molecule has 7 nitrogen and oxygen atoms in total. The van der Waals surface area contributed by atoms with Crippen LogP contribution in [-0.4, -0.2) is 35.1 Å². The Kier molecular flexibility index (Phi) is 5.59. The van der Waals surface area contributed by atoms with Crippen LogP contribution in [0.4, 0.5) is 4.79 Å². The molecule has 1 rings (SSSR count). The molecular weight excluding hydrogens is 250 g/mol. The molecule has 1 aliphatic carbocycles. The minimum absolute atomic E-state index is 0.00113. The van der Waals surface area contributed by atoms with Crippen LogP contribution in [0.15, 0.2) is 0 Å². The first-order valence-electron chi connectivity index (χ1n) is 6.52. The van der Waals surface area contributed by atoms with Crippen molar-refractivity contribution in [2.24, 2.45) is 11.7 Å². The van der Waals surface area contributed by atoms with E-state index in [1.165, 1.54) is 0 Å². The van der Waals surface area contributed by atoms with Crippen molar-refractivity contribution in [2.45, 2.75) is 51.1 Å². The van der Waals surface area contributed by atoms with E-state index in [1.54, 1.807) is 0 Å². The van der Waals surface area contributed by atoms with Gasteiger partial charge in [0.05, 0.1) is 0 Å². The van der Waals surface area contributed by atoms with Gasteiger partial charge in [-0.2, -0.15) is 0 Å². The fourth-order valence-electron chi connectivity index (χ4n) is 2.03. The van der Waals surface area contributed by atoms with Gasteiger partial charge in [0.25, 0.3) is 0 Å². The molecule has 19 heavy (non-hydrogen) atoms. The maximum atomic E-state index is 11.6. The van der Waals surface area contributed by atoms with Crippen LogP contribution in [0, 0.1) is 5.92 Å². The van der Waals surface area contributed by atoms with E-state index in [1.807, 2.05) is 0 Å². The predicted molar refractivity (Wildman–Crippen MR) is 68.3 cm³/mol. The molecular formula is C12H21N3O4. The Bertz CT molecular complexity index is 359. The third kappa shape index (κ3) is 5.58. The molecule has 3 unspecified atom stereocenters. The molecule has 0 saturated heterocycles. The molecule has 0 aromatic heterocycles. The highest BCUT2D eigenvalue weighted by Crippen LogP contribution is 2.34. The molecule has 0 spiro atoms. The number of rotatable bonds is 8. The number of carbonyl (C=O) groups is 3. The molecule has 108 valence electrons. The molecule has 1 aliphatic rings. The zero-order valence-corrected chi connectivity index (χ0v) is 11.0. The summed E-state index contributed by atoms with van der Waals surface area (Å²) < 4.78 is 0. The first-order valence-corrected chi connectivity index (χ1v) is 6.52. The van der Waals surface area contributed by atoms with Crippen LogP contribution in [0.1, 0.15) is 39.0 Å². The smallest absolute Gasteiger partial charge is 0.326 e. The average Bonchev–Trinajstić information content (AvgIpc) is 3.02. The molecule has 7 heteroatoms. The molecule has 5 N–H and O–H groups in total. The number of primary amides is 1. The summed E-state index contributed by atoms with van der Waals surface area (Å²) in [6, 6.07) is -1.44. The number of hydrogen-bond donors (Lipinski definition) is 4. The number of carboxylic acid groups (broad SMARTS) is 1. The van der Waals surface area contributed by atoms with Crippen molar-refractivity contribution < 1.29 is 19.5 Å². The van der Waals surface area contributed by atoms with E-state index in [9.17, 15) is 14.4 Å². The van der Waals surface area contributed by atoms with Gasteiger partial charge >= 0.3 is 12.0 Å². The first kappa shape index (κ1) is 15.3. The Labute approximate surface area is 111 Å². The minimum atomic E-state index is -1.17. The summed E-state index contributed by atoms with van der Waals surface area (Å²) in [5.74, 6) is -1.25. The van der Waals surface area contributed by atoms with Gasteiger partial charge in [0.1, 0.15) is 6.04 Å². The summed E-state index contributed by atoms with van der Waals surface area (Å²) in [6.45, 7) is 2.08. The lowest BCUT2D eigenvalue weighted by Gasteiger charge is -2.14. The predicted octanol–water partition coefficient (Wildman–Crippen LogP) is 0.193. The summed E-state index contributed by atoms with van der Waals surface area (Å²) >= 11 is 0. The van der Waals surface area contributed by atoms with Crippen molar-refractivity contribution in [3.8, 4) is 0 Å². The normalized spacial score (nSPS) is 22.4. The number of carbonyl (C=O) groups excluding carboxylic acids is 2. The van der Waals surface area contributed by atoms with Crippen molar-refractivity contribution in [3.05, 3.63) is 0 Å². The van der Waals surface area contributed by atoms with Gasteiger partial charge in [0.15, 0.2) is 0 Å². The molecule has 1 saturated carbocycles. The number of nitrogens with one attached hydrogen (secondary N) is 2. The second-order valence-corrected chi connectivity index (χ2v) is 4.90. The molecule has 1 fully saturated rings. The number of urea groups is 1. The Morgan fingerprint density at radius 2 is 2.11 bits per heavy atom. The third-order valence-corrected chi connectivity index (χ3v) is 3.18. The Balaban J connectivity index is 2.31. The minimum Gasteiger partial charge on any atom is -0.480 e. The van der Waals surface area contributed by atoms with Crippen molar-refractivity contribution in [2.75, 3.05) is 0 Å². The largest absolute Gasteiger partial charge is 0.480 e. The van der Waals surface area contributed by atoms with E-state index in [0.29, 0.717) is 5.92 Å². The summed E-state index contributed by atoms with van der Waals surface area (Å²) in [7, 11) is 0. The molecule has 0 aromatic rings. The van der Waals surface area contributed by atoms with Gasteiger partial charge in [-0.15, -0.1) is 0 Å². The SMILES string of the molecule is CCCC1CC1NC(=O)NC(CCC(N)=O)C(=O)O. The van der Waals surface area contributed by atoms with Crippen LogP contribution in [0.3, 0.4) is 0 Å². The maximum absolute atomic E-state index is 11.6. The number of aliphatic carboxylic acids is 1. The lowest BCUT2D eigenvalue weighted by Crippen LogP contribution is -2.47. The van der Waals surface area contributed by atoms with Gasteiger partial charge < -0.3 is 21.5 Å². The monoisotopic (exact) mass is 271 g/mol. The highest BCUT2D eigenvalue weighted by atomic mass is 16.4. The second kappa shape index (κ2) is 6.96. The van der Waals surface area contributed by atoms with Crippen LogP contribution >= 0.6 is 0 Å². The molecule has 0 aliphatic heterocycles. The van der Waals surface area contributed by atoms with E-state index in [4.69, 9.17) is 10.8 Å². The van der Waals surface area contributed by atoms with Gasteiger partial charge in [-0.1, -0.05) is 13.3 Å². The van der Waals surface area contributed by atoms with Gasteiger partial charge in [0, 0.05) is 12.5 Å². The fourth-order valence-corrected chi connectivity index (χ4v) is 2.03. The van der Waals surface area contributed by atoms with Crippen molar-refractivity contribution in [1.82, 2.24) is 10.6 Å². The molecule has 0 radical (unpaired) electrons. The lowest BCUT2D eigenvalue weighted by molar-refractivity contribution is -0.139. The van der Waals surface area contributed by atoms with Crippen LogP contribution in [0.2, 0.25) is 0 Å². The van der Waals surface area contributed by atoms with Gasteiger partial charge in [0.2, 0.25) is 5.91 Å². The summed E-state index contributed by atoms with van der Waals surface area (Å²) in [5, 5.41) is 14.0. The summed E-state index contributed by atoms with van der Waals surface area (Å²) in [6.07, 6.45) is 3.01. The number of nitrogens with two attached hydrogens (primary N) is 1. The van der Waals surface area contributed by atoms with E-state index in [-0.39, 0.29) is 18.9 Å². The zero-order valence-electron chi connectivity index (χ0n) is 11.0. The molecule has 0 heterocycles. The highest BCUT2D eigenvalue weighted by molar-refractivity contribution is 5.83. The van der Waals surface area contributed by atoms with E-state index < -0.39 is 23.9 Å². The van der Waals surface area contributed by atoms with Crippen LogP contribution < -0.4 is 16.4 Å². The Morgan fingerprint density at radius 1 is 1.42 bits per heavy atom. The number of amides is 3. The van der Waals surface area contributed by atoms with E-state index in [2.05, 4.69) is 17.6 Å². The quantitative estimate of drug-likeness (QED) is 0.503. The van der Waals surface area contributed by atoms with Crippen LogP contribution in [0.25, 0.3) is 0 Å². The fraction of sp³-hybridized carbons (Fsp3) is 0.750. The van der Waals surface area contributed by atoms with Gasteiger partial charge in [-0.05, 0) is 25.2 Å². The maximum Gasteiger partial charge on any atom is 0.326 e. The zero-order chi connectivity index (χ0) is 14.4. The molecule has 3 amide bonds. The Hall–Kier alpha value is -1.79. The van der Waals surface area contributed by atoms with Crippen LogP contribution in [-0.2, 0) is 9.59 Å². The highest BCUT2D eigenvalue weighted by Gasteiger charge is 2.37. The van der Waals surface area contributed by atoms with Gasteiger partial charge in [-0.3, -0.25) is 4.79 Å². The molecule has 0 bridgehead atoms. The topological polar surface area (TPSA) is 122 Å². The average molecular weight is 271 g/mol. The van der Waals surface area contributed by atoms with E-state index in [0.717, 1.165) is 19.3 Å². The van der Waals surface area contributed by atoms with Crippen molar-refractivity contribution >= 4 is 17.9 Å². The Morgan fingerprint density at radius 3 is 2.63 bits per heavy atom. The summed E-state index contributed by atoms with van der Waals surface area (Å²) in [4.78, 5) is 33.1. The number of hydrogen-bond acceptors (Lipinski definition) is 3. The standard InChI is InChI=1S/C12H21N3O4/c1-2-3-7-6-9(7)15-12(19)14-8(11(17)18)4-5-10(13)16/h7-9H,2-6H2,1H3,(H2,13,16)(H,17,18)(H2,14,15,19). The molecule has 3 atom stereocenters. The van der Waals surface area contributed by atoms with Gasteiger partial charge in [-0.25, -0.2) is 9.59 Å². The molecule has 0 aromatic carbocycles. The lowest BCUT2D eigenvalue weighted by atomic mass is 10.1.